The van der Waals surface area contributed by atoms with Crippen molar-refractivity contribution in [1.82, 2.24) is 4.90 Å². The van der Waals surface area contributed by atoms with Crippen LogP contribution in [0.15, 0.2) is 23.4 Å². The first kappa shape index (κ1) is 26.2. The van der Waals surface area contributed by atoms with E-state index < -0.39 is 40.9 Å². The van der Waals surface area contributed by atoms with Crippen molar-refractivity contribution in [2.45, 2.75) is 71.9 Å². The minimum Gasteiger partial charge on any atom is -0.323 e. The van der Waals surface area contributed by atoms with E-state index in [1.54, 1.807) is 0 Å². The van der Waals surface area contributed by atoms with E-state index in [0.717, 1.165) is 37.8 Å². The van der Waals surface area contributed by atoms with E-state index in [2.05, 4.69) is 26.1 Å². The van der Waals surface area contributed by atoms with Gasteiger partial charge in [-0.1, -0.05) is 19.4 Å². The number of carbonyl (C=O) groups excluding carboxylic acids is 2. The molecule has 9 heteroatoms. The summed E-state index contributed by atoms with van der Waals surface area (Å²) in [7, 11) is 1.87. The van der Waals surface area contributed by atoms with Gasteiger partial charge in [0.25, 0.3) is 0 Å². The van der Waals surface area contributed by atoms with Crippen molar-refractivity contribution >= 4 is 17.5 Å². The van der Waals surface area contributed by atoms with E-state index in [-0.39, 0.29) is 28.7 Å². The molecule has 37 heavy (non-hydrogen) atoms. The van der Waals surface area contributed by atoms with Crippen molar-refractivity contribution in [3.05, 3.63) is 40.6 Å². The second-order valence-electron chi connectivity index (χ2n) is 12.1. The van der Waals surface area contributed by atoms with Crippen molar-refractivity contribution in [1.29, 1.82) is 0 Å². The molecule has 5 rings (SSSR count). The number of rotatable bonds is 2. The molecule has 1 N–H and O–H groups in total. The standard InChI is InChI=1S/C28H33F5N2O2/c1-14-11-15-16-5-6-18(25(37)34-22-13-20(29)19(12-21(22)30)28(31,32)33)26(16,2)9-7-17(15)27(3)10-8-23(36)35(4)24(14)27/h12-13,15-18H,5-11H2,1-4H3,(H,34,37)/t15-,16-,17-,18+,26-,27+/m0/s1. The fourth-order valence-electron chi connectivity index (χ4n) is 8.62. The molecule has 0 unspecified atom stereocenters. The molecule has 1 aromatic carbocycles. The lowest BCUT2D eigenvalue weighted by atomic mass is 9.48. The maximum absolute atomic E-state index is 14.4. The maximum Gasteiger partial charge on any atom is 0.419 e. The highest BCUT2D eigenvalue weighted by molar-refractivity contribution is 5.93. The van der Waals surface area contributed by atoms with Gasteiger partial charge in [0.1, 0.15) is 11.6 Å². The molecular weight excluding hydrogens is 491 g/mol. The van der Waals surface area contributed by atoms with Gasteiger partial charge in [-0.15, -0.1) is 0 Å². The van der Waals surface area contributed by atoms with Crippen LogP contribution in [0.4, 0.5) is 27.6 Å². The first-order valence-corrected chi connectivity index (χ1v) is 13.0. The first-order valence-electron chi connectivity index (χ1n) is 13.0. The molecule has 202 valence electrons. The van der Waals surface area contributed by atoms with Crippen molar-refractivity contribution in [2.24, 2.45) is 34.5 Å². The number of hydrogen-bond acceptors (Lipinski definition) is 2. The van der Waals surface area contributed by atoms with Crippen LogP contribution in [0.1, 0.15) is 71.3 Å². The number of piperidine rings is 1. The van der Waals surface area contributed by atoms with Crippen LogP contribution in [0.3, 0.4) is 0 Å². The van der Waals surface area contributed by atoms with Crippen LogP contribution in [0.25, 0.3) is 0 Å². The molecule has 2 saturated carbocycles. The Bertz CT molecular complexity index is 1190. The number of nitrogens with one attached hydrogen (secondary N) is 1. The number of hydrogen-bond donors (Lipinski definition) is 1. The first-order chi connectivity index (χ1) is 17.2. The summed E-state index contributed by atoms with van der Waals surface area (Å²) in [4.78, 5) is 27.6. The average molecular weight is 525 g/mol. The average Bonchev–Trinajstić information content (AvgIpc) is 3.15. The van der Waals surface area contributed by atoms with Crippen molar-refractivity contribution < 1.29 is 31.5 Å². The van der Waals surface area contributed by atoms with Gasteiger partial charge in [0.05, 0.1) is 11.3 Å². The quantitative estimate of drug-likeness (QED) is 0.427. The van der Waals surface area contributed by atoms with Crippen LogP contribution in [0.5, 0.6) is 0 Å². The fourth-order valence-corrected chi connectivity index (χ4v) is 8.62. The van der Waals surface area contributed by atoms with Gasteiger partial charge in [-0.25, -0.2) is 8.78 Å². The molecule has 0 aromatic heterocycles. The zero-order valence-electron chi connectivity index (χ0n) is 21.6. The number of benzene rings is 1. The highest BCUT2D eigenvalue weighted by Gasteiger charge is 2.61. The Morgan fingerprint density at radius 1 is 1.05 bits per heavy atom. The lowest BCUT2D eigenvalue weighted by Crippen LogP contribution is -2.54. The summed E-state index contributed by atoms with van der Waals surface area (Å²) in [5.74, 6) is -2.70. The maximum atomic E-state index is 14.4. The molecule has 6 atom stereocenters. The zero-order valence-corrected chi connectivity index (χ0v) is 21.6. The van der Waals surface area contributed by atoms with Gasteiger partial charge in [-0.05, 0) is 74.7 Å². The van der Waals surface area contributed by atoms with E-state index in [4.69, 9.17) is 0 Å². The Morgan fingerprint density at radius 3 is 2.43 bits per heavy atom. The summed E-state index contributed by atoms with van der Waals surface area (Å²) in [5.41, 5.74) is -0.341. The molecule has 3 fully saturated rings. The van der Waals surface area contributed by atoms with Crippen LogP contribution >= 0.6 is 0 Å². The van der Waals surface area contributed by atoms with E-state index >= 15 is 0 Å². The number of halogens is 5. The zero-order chi connectivity index (χ0) is 27.1. The Kier molecular flexibility index (Phi) is 6.03. The molecule has 0 bridgehead atoms. The number of alkyl halides is 3. The molecule has 4 aliphatic rings. The summed E-state index contributed by atoms with van der Waals surface area (Å²) >= 11 is 0. The van der Waals surface area contributed by atoms with Gasteiger partial charge in [0.15, 0.2) is 0 Å². The van der Waals surface area contributed by atoms with E-state index in [9.17, 15) is 31.5 Å². The highest BCUT2D eigenvalue weighted by Crippen LogP contribution is 2.67. The molecule has 3 aliphatic carbocycles. The molecule has 0 spiro atoms. The third-order valence-corrected chi connectivity index (χ3v) is 10.2. The number of anilines is 1. The van der Waals surface area contributed by atoms with Gasteiger partial charge < -0.3 is 10.2 Å². The van der Waals surface area contributed by atoms with Crippen LogP contribution in [-0.2, 0) is 15.8 Å². The Balaban J connectivity index is 1.39. The summed E-state index contributed by atoms with van der Waals surface area (Å²) in [6, 6.07) is 0.511. The van der Waals surface area contributed by atoms with Gasteiger partial charge in [0, 0.05) is 36.6 Å². The monoisotopic (exact) mass is 524 g/mol. The molecule has 1 aromatic rings. The van der Waals surface area contributed by atoms with Crippen LogP contribution in [-0.4, -0.2) is 23.8 Å². The van der Waals surface area contributed by atoms with Crippen molar-refractivity contribution in [3.8, 4) is 0 Å². The van der Waals surface area contributed by atoms with E-state index in [0.29, 0.717) is 30.7 Å². The molecule has 0 radical (unpaired) electrons. The number of likely N-dealkylation sites (tertiary alicyclic amines) is 1. The lowest BCUT2D eigenvalue weighted by molar-refractivity contribution is -0.140. The van der Waals surface area contributed by atoms with Crippen molar-refractivity contribution in [2.75, 3.05) is 12.4 Å². The summed E-state index contributed by atoms with van der Waals surface area (Å²) in [6.45, 7) is 6.48. The Labute approximate surface area is 213 Å². The molecule has 2 amide bonds. The molecule has 1 aliphatic heterocycles. The van der Waals surface area contributed by atoms with E-state index in [1.165, 1.54) is 5.57 Å². The Hall–Kier alpha value is -2.45. The second kappa shape index (κ2) is 8.53. The number of carbonyl (C=O) groups is 2. The third kappa shape index (κ3) is 3.90. The van der Waals surface area contributed by atoms with Crippen LogP contribution in [0.2, 0.25) is 0 Å². The minimum absolute atomic E-state index is 0.0939. The lowest BCUT2D eigenvalue weighted by Gasteiger charge is -2.59. The predicted molar refractivity (Wildman–Crippen MR) is 128 cm³/mol. The topological polar surface area (TPSA) is 49.4 Å². The summed E-state index contributed by atoms with van der Waals surface area (Å²) in [5, 5.41) is 2.40. The van der Waals surface area contributed by atoms with Crippen molar-refractivity contribution in [3.63, 3.8) is 0 Å². The Morgan fingerprint density at radius 2 is 1.76 bits per heavy atom. The smallest absolute Gasteiger partial charge is 0.323 e. The summed E-state index contributed by atoms with van der Waals surface area (Å²) < 4.78 is 67.3. The van der Waals surface area contributed by atoms with Gasteiger partial charge in [0.2, 0.25) is 11.8 Å². The largest absolute Gasteiger partial charge is 0.419 e. The minimum atomic E-state index is -5.03. The second-order valence-corrected chi connectivity index (χ2v) is 12.1. The van der Waals surface area contributed by atoms with Gasteiger partial charge >= 0.3 is 6.18 Å². The predicted octanol–water partition coefficient (Wildman–Crippen LogP) is 6.92. The number of nitrogens with zero attached hydrogens (tertiary/aromatic N) is 1. The fraction of sp³-hybridized carbons (Fsp3) is 0.643. The third-order valence-electron chi connectivity index (χ3n) is 10.2. The van der Waals surface area contributed by atoms with Gasteiger partial charge in [-0.3, -0.25) is 9.59 Å². The van der Waals surface area contributed by atoms with E-state index in [1.807, 2.05) is 11.9 Å². The number of allylic oxidation sites excluding steroid dienone is 2. The molecule has 1 heterocycles. The SMILES string of the molecule is CC1=C2N(C)C(=O)CC[C@]2(C)[C@H]2CC[C@]3(C)[C@@H](C(=O)Nc4cc(F)c(C(F)(F)F)cc4F)CC[C@H]3[C@@H]2C1. The highest BCUT2D eigenvalue weighted by atomic mass is 19.4. The number of fused-ring (bicyclic) bond motifs is 5. The molecular formula is C28H33F5N2O2. The van der Waals surface area contributed by atoms with Crippen LogP contribution in [0, 0.1) is 46.1 Å². The molecule has 4 nitrogen and oxygen atoms in total. The number of amides is 2. The summed E-state index contributed by atoms with van der Waals surface area (Å²) in [6.07, 6.45) is 0.285. The normalized spacial score (nSPS) is 35.7. The molecule has 1 saturated heterocycles. The van der Waals surface area contributed by atoms with Gasteiger partial charge in [-0.2, -0.15) is 13.2 Å². The van der Waals surface area contributed by atoms with Crippen LogP contribution < -0.4 is 5.32 Å².